The summed E-state index contributed by atoms with van der Waals surface area (Å²) in [4.78, 5) is 36.2. The van der Waals surface area contributed by atoms with Gasteiger partial charge in [0, 0.05) is 25.0 Å². The van der Waals surface area contributed by atoms with Crippen molar-refractivity contribution >= 4 is 35.2 Å². The fraction of sp³-hybridized carbons (Fsp3) is 0.308. The van der Waals surface area contributed by atoms with Crippen molar-refractivity contribution < 1.29 is 19.1 Å². The zero-order valence-corrected chi connectivity index (χ0v) is 12.1. The quantitative estimate of drug-likeness (QED) is 0.613. The highest BCUT2D eigenvalue weighted by Gasteiger charge is 2.13. The molecule has 0 aliphatic rings. The molecule has 7 heteroatoms. The van der Waals surface area contributed by atoms with Crippen LogP contribution in [-0.4, -0.2) is 49.9 Å². The molecular formula is C13H16N2O4S. The maximum atomic E-state index is 11.6. The third-order valence-electron chi connectivity index (χ3n) is 2.35. The molecule has 0 saturated heterocycles. The number of rotatable bonds is 6. The zero-order valence-electron chi connectivity index (χ0n) is 11.3. The molecule has 20 heavy (non-hydrogen) atoms. The second-order valence-electron chi connectivity index (χ2n) is 3.88. The summed E-state index contributed by atoms with van der Waals surface area (Å²) in [6, 6.07) is 3.73. The molecule has 0 aliphatic heterocycles. The van der Waals surface area contributed by atoms with Gasteiger partial charge < -0.3 is 15.0 Å². The summed E-state index contributed by atoms with van der Waals surface area (Å²) in [7, 11) is 2.95. The van der Waals surface area contributed by atoms with Crippen LogP contribution in [0.2, 0.25) is 0 Å². The lowest BCUT2D eigenvalue weighted by atomic mass is 10.4. The highest BCUT2D eigenvalue weighted by Crippen LogP contribution is 2.10. The topological polar surface area (TPSA) is 75.7 Å². The Balaban J connectivity index is 2.33. The van der Waals surface area contributed by atoms with E-state index in [1.807, 2.05) is 17.5 Å². The van der Waals surface area contributed by atoms with Crippen LogP contribution in [0.15, 0.2) is 23.6 Å². The van der Waals surface area contributed by atoms with Gasteiger partial charge in [0.15, 0.2) is 6.61 Å². The van der Waals surface area contributed by atoms with Crippen LogP contribution in [0.1, 0.15) is 4.88 Å². The normalized spacial score (nSPS) is 10.3. The first-order valence-electron chi connectivity index (χ1n) is 5.86. The molecule has 0 atom stereocenters. The van der Waals surface area contributed by atoms with Gasteiger partial charge >= 0.3 is 5.97 Å². The first kappa shape index (κ1) is 15.9. The largest absolute Gasteiger partial charge is 0.452 e. The number of carbonyl (C=O) groups excluding carboxylic acids is 3. The number of thiophene rings is 1. The van der Waals surface area contributed by atoms with E-state index < -0.39 is 11.9 Å². The van der Waals surface area contributed by atoms with E-state index in [0.29, 0.717) is 0 Å². The molecule has 0 aromatic carbocycles. The molecule has 2 amide bonds. The average molecular weight is 296 g/mol. The van der Waals surface area contributed by atoms with Gasteiger partial charge in [-0.3, -0.25) is 9.59 Å². The van der Waals surface area contributed by atoms with Gasteiger partial charge in [0.05, 0.1) is 6.54 Å². The Bertz CT molecular complexity index is 496. The maximum absolute atomic E-state index is 11.6. The molecule has 1 N–H and O–H groups in total. The number of hydrogen-bond donors (Lipinski definition) is 1. The highest BCUT2D eigenvalue weighted by molar-refractivity contribution is 7.10. The Kier molecular flexibility index (Phi) is 6.45. The van der Waals surface area contributed by atoms with Crippen molar-refractivity contribution in [1.29, 1.82) is 0 Å². The molecule has 1 heterocycles. The summed E-state index contributed by atoms with van der Waals surface area (Å²) in [5.41, 5.74) is 0. The number of hydrogen-bond acceptors (Lipinski definition) is 5. The lowest BCUT2D eigenvalue weighted by molar-refractivity contribution is -0.148. The smallest absolute Gasteiger partial charge is 0.331 e. The molecule has 1 aromatic heterocycles. The van der Waals surface area contributed by atoms with Crippen LogP contribution in [0.3, 0.4) is 0 Å². The molecule has 1 rings (SSSR count). The van der Waals surface area contributed by atoms with Crippen molar-refractivity contribution in [2.45, 2.75) is 0 Å². The molecule has 0 fully saturated rings. The van der Waals surface area contributed by atoms with E-state index in [4.69, 9.17) is 4.74 Å². The zero-order chi connectivity index (χ0) is 15.0. The number of carbonyl (C=O) groups is 3. The summed E-state index contributed by atoms with van der Waals surface area (Å²) < 4.78 is 4.79. The molecule has 108 valence electrons. The minimum absolute atomic E-state index is 0.0715. The minimum atomic E-state index is -0.597. The van der Waals surface area contributed by atoms with Gasteiger partial charge in [-0.1, -0.05) is 6.07 Å². The van der Waals surface area contributed by atoms with E-state index in [-0.39, 0.29) is 19.1 Å². The van der Waals surface area contributed by atoms with Crippen molar-refractivity contribution in [3.05, 3.63) is 28.5 Å². The molecular weight excluding hydrogens is 280 g/mol. The standard InChI is InChI=1S/C13H16N2O4S/c1-14-11(16)8-15(2)12(17)9-19-13(18)6-5-10-4-3-7-20-10/h3-7H,8-9H2,1-2H3,(H,14,16)/b6-5+. The number of ether oxygens (including phenoxy) is 1. The van der Waals surface area contributed by atoms with Crippen LogP contribution >= 0.6 is 11.3 Å². The number of amides is 2. The van der Waals surface area contributed by atoms with Crippen LogP contribution < -0.4 is 5.32 Å². The van der Waals surface area contributed by atoms with Gasteiger partial charge in [-0.25, -0.2) is 4.79 Å². The van der Waals surface area contributed by atoms with Gasteiger partial charge in [0.25, 0.3) is 5.91 Å². The highest BCUT2D eigenvalue weighted by atomic mass is 32.1. The molecule has 0 bridgehead atoms. The number of nitrogens with zero attached hydrogens (tertiary/aromatic N) is 1. The van der Waals surface area contributed by atoms with Crippen molar-refractivity contribution in [2.24, 2.45) is 0 Å². The number of esters is 1. The van der Waals surface area contributed by atoms with Gasteiger partial charge in [0.2, 0.25) is 5.91 Å². The second kappa shape index (κ2) is 8.11. The molecule has 0 spiro atoms. The van der Waals surface area contributed by atoms with Crippen molar-refractivity contribution in [2.75, 3.05) is 27.2 Å². The average Bonchev–Trinajstić information content (AvgIpc) is 2.95. The Morgan fingerprint density at radius 3 is 2.80 bits per heavy atom. The van der Waals surface area contributed by atoms with Gasteiger partial charge in [-0.2, -0.15) is 0 Å². The Morgan fingerprint density at radius 2 is 2.20 bits per heavy atom. The Hall–Kier alpha value is -2.15. The van der Waals surface area contributed by atoms with E-state index in [1.165, 1.54) is 36.4 Å². The Labute approximate surface area is 121 Å². The van der Waals surface area contributed by atoms with Crippen LogP contribution in [0.5, 0.6) is 0 Å². The summed E-state index contributed by atoms with van der Waals surface area (Å²) >= 11 is 1.49. The predicted octanol–water partition coefficient (Wildman–Crippen LogP) is 0.509. The van der Waals surface area contributed by atoms with E-state index in [2.05, 4.69) is 5.32 Å². The first-order valence-corrected chi connectivity index (χ1v) is 6.73. The lowest BCUT2D eigenvalue weighted by Gasteiger charge is -2.15. The monoisotopic (exact) mass is 296 g/mol. The van der Waals surface area contributed by atoms with Crippen molar-refractivity contribution in [1.82, 2.24) is 10.2 Å². The fourth-order valence-corrected chi connectivity index (χ4v) is 1.83. The van der Waals surface area contributed by atoms with Crippen LogP contribution in [0, 0.1) is 0 Å². The van der Waals surface area contributed by atoms with Gasteiger partial charge in [-0.05, 0) is 17.5 Å². The van der Waals surface area contributed by atoms with Gasteiger partial charge in [-0.15, -0.1) is 11.3 Å². The number of nitrogens with one attached hydrogen (secondary N) is 1. The molecule has 0 unspecified atom stereocenters. The Morgan fingerprint density at radius 1 is 1.45 bits per heavy atom. The lowest BCUT2D eigenvalue weighted by Crippen LogP contribution is -2.38. The third kappa shape index (κ3) is 5.66. The number of likely N-dealkylation sites (N-methyl/N-ethyl adjacent to an activating group) is 2. The molecule has 0 saturated carbocycles. The van der Waals surface area contributed by atoms with Crippen molar-refractivity contribution in [3.8, 4) is 0 Å². The first-order chi connectivity index (χ1) is 9.52. The summed E-state index contributed by atoms with van der Waals surface area (Å²) in [6.45, 7) is -0.459. The molecule has 1 aromatic rings. The molecule has 0 radical (unpaired) electrons. The fourth-order valence-electron chi connectivity index (χ4n) is 1.21. The summed E-state index contributed by atoms with van der Waals surface area (Å²) in [5.74, 6) is -1.32. The SMILES string of the molecule is CNC(=O)CN(C)C(=O)COC(=O)/C=C/c1cccs1. The molecule has 0 aliphatic carbocycles. The summed E-state index contributed by atoms with van der Waals surface area (Å²) in [6.07, 6.45) is 2.88. The van der Waals surface area contributed by atoms with E-state index >= 15 is 0 Å². The van der Waals surface area contributed by atoms with E-state index in [9.17, 15) is 14.4 Å². The van der Waals surface area contributed by atoms with E-state index in [0.717, 1.165) is 4.88 Å². The second-order valence-corrected chi connectivity index (χ2v) is 4.86. The van der Waals surface area contributed by atoms with Crippen molar-refractivity contribution in [3.63, 3.8) is 0 Å². The van der Waals surface area contributed by atoms with Crippen LogP contribution in [-0.2, 0) is 19.1 Å². The predicted molar refractivity (Wildman–Crippen MR) is 76.0 cm³/mol. The van der Waals surface area contributed by atoms with Gasteiger partial charge in [0.1, 0.15) is 0 Å². The summed E-state index contributed by atoms with van der Waals surface area (Å²) in [5, 5.41) is 4.29. The van der Waals surface area contributed by atoms with Crippen LogP contribution in [0.4, 0.5) is 0 Å². The third-order valence-corrected chi connectivity index (χ3v) is 3.19. The van der Waals surface area contributed by atoms with E-state index in [1.54, 1.807) is 6.08 Å². The minimum Gasteiger partial charge on any atom is -0.452 e. The molecule has 6 nitrogen and oxygen atoms in total. The maximum Gasteiger partial charge on any atom is 0.331 e. The van der Waals surface area contributed by atoms with Crippen LogP contribution in [0.25, 0.3) is 6.08 Å².